The number of ether oxygens (including phenoxy) is 1. The first kappa shape index (κ1) is 14.4. The van der Waals surface area contributed by atoms with E-state index in [0.29, 0.717) is 0 Å². The van der Waals surface area contributed by atoms with Gasteiger partial charge in [0.25, 0.3) is 11.8 Å². The SMILES string of the molecule is C[C@@]1(CCl)C[C@@](Cl)(N2C(=O)c3ccccc3C2=O)C(=O)O1. The third-order valence-corrected chi connectivity index (χ3v) is 4.71. The van der Waals surface area contributed by atoms with Gasteiger partial charge in [-0.15, -0.1) is 11.6 Å². The second kappa shape index (κ2) is 4.45. The Bertz CT molecular complexity index is 642. The minimum absolute atomic E-state index is 0.0242. The van der Waals surface area contributed by atoms with Gasteiger partial charge < -0.3 is 4.74 Å². The maximum atomic E-state index is 12.4. The Kier molecular flexibility index (Phi) is 3.04. The average Bonchev–Trinajstić information content (AvgIpc) is 2.84. The highest BCUT2D eigenvalue weighted by atomic mass is 35.5. The van der Waals surface area contributed by atoms with Crippen molar-refractivity contribution in [1.82, 2.24) is 4.90 Å². The number of rotatable bonds is 2. The number of cyclic esters (lactones) is 1. The van der Waals surface area contributed by atoms with E-state index in [2.05, 4.69) is 0 Å². The van der Waals surface area contributed by atoms with E-state index < -0.39 is 28.4 Å². The fourth-order valence-electron chi connectivity index (χ4n) is 2.66. The van der Waals surface area contributed by atoms with Gasteiger partial charge in [-0.2, -0.15) is 0 Å². The molecule has 0 spiro atoms. The lowest BCUT2D eigenvalue weighted by molar-refractivity contribution is -0.149. The molecular formula is C14H11Cl2NO4. The number of halogens is 2. The topological polar surface area (TPSA) is 63.7 Å². The summed E-state index contributed by atoms with van der Waals surface area (Å²) in [5, 5.41) is 0. The van der Waals surface area contributed by atoms with Crippen molar-refractivity contribution in [2.24, 2.45) is 0 Å². The number of esters is 1. The van der Waals surface area contributed by atoms with Gasteiger partial charge in [0.05, 0.1) is 17.0 Å². The number of carbonyl (C=O) groups is 3. The first-order chi connectivity index (χ1) is 9.82. The molecule has 110 valence electrons. The highest BCUT2D eigenvalue weighted by Gasteiger charge is 2.62. The molecule has 7 heteroatoms. The van der Waals surface area contributed by atoms with Gasteiger partial charge in [-0.1, -0.05) is 23.7 Å². The van der Waals surface area contributed by atoms with Crippen LogP contribution in [0.25, 0.3) is 0 Å². The molecule has 0 saturated carbocycles. The van der Waals surface area contributed by atoms with Crippen molar-refractivity contribution in [3.63, 3.8) is 0 Å². The molecule has 2 aliphatic heterocycles. The number of carbonyl (C=O) groups excluding carboxylic acids is 3. The van der Waals surface area contributed by atoms with E-state index in [4.69, 9.17) is 27.9 Å². The van der Waals surface area contributed by atoms with E-state index in [1.807, 2.05) is 0 Å². The standard InChI is InChI=1S/C14H11Cl2NO4/c1-13(7-15)6-14(16,12(20)21-13)17-10(18)8-4-2-3-5-9(8)11(17)19/h2-5H,6-7H2,1H3/t13-,14+/m0/s1. The third kappa shape index (κ3) is 1.88. The normalized spacial score (nSPS) is 31.6. The van der Waals surface area contributed by atoms with Crippen LogP contribution < -0.4 is 0 Å². The third-order valence-electron chi connectivity index (χ3n) is 3.69. The van der Waals surface area contributed by atoms with E-state index in [9.17, 15) is 14.4 Å². The van der Waals surface area contributed by atoms with Crippen LogP contribution in [0.15, 0.2) is 24.3 Å². The van der Waals surface area contributed by atoms with Crippen molar-refractivity contribution in [2.75, 3.05) is 5.88 Å². The molecule has 1 aromatic carbocycles. The molecule has 3 rings (SSSR count). The average molecular weight is 328 g/mol. The van der Waals surface area contributed by atoms with Gasteiger partial charge in [0.1, 0.15) is 5.60 Å². The molecule has 0 aliphatic carbocycles. The zero-order valence-corrected chi connectivity index (χ0v) is 12.6. The summed E-state index contributed by atoms with van der Waals surface area (Å²) >= 11 is 12.1. The van der Waals surface area contributed by atoms with Gasteiger partial charge >= 0.3 is 5.97 Å². The second-order valence-electron chi connectivity index (χ2n) is 5.40. The van der Waals surface area contributed by atoms with Gasteiger partial charge in [-0.05, 0) is 19.1 Å². The summed E-state index contributed by atoms with van der Waals surface area (Å²) in [4.78, 5) is 35.9. The molecule has 0 bridgehead atoms. The maximum absolute atomic E-state index is 12.4. The molecule has 2 aliphatic rings. The van der Waals surface area contributed by atoms with Crippen molar-refractivity contribution >= 4 is 41.0 Å². The molecular weight excluding hydrogens is 317 g/mol. The summed E-state index contributed by atoms with van der Waals surface area (Å²) in [6.07, 6.45) is -0.0463. The number of hydrogen-bond donors (Lipinski definition) is 0. The maximum Gasteiger partial charge on any atom is 0.349 e. The molecule has 0 N–H and O–H groups in total. The molecule has 2 heterocycles. The molecule has 2 amide bonds. The van der Waals surface area contributed by atoms with Crippen LogP contribution in [0.2, 0.25) is 0 Å². The summed E-state index contributed by atoms with van der Waals surface area (Å²) in [7, 11) is 0. The zero-order chi connectivity index (χ0) is 15.4. The number of hydrogen-bond acceptors (Lipinski definition) is 4. The van der Waals surface area contributed by atoms with E-state index in [1.165, 1.54) is 12.1 Å². The van der Waals surface area contributed by atoms with E-state index in [1.54, 1.807) is 19.1 Å². The lowest BCUT2D eigenvalue weighted by atomic mass is 10.0. The van der Waals surface area contributed by atoms with Gasteiger partial charge in [0.2, 0.25) is 5.00 Å². The summed E-state index contributed by atoms with van der Waals surface area (Å²) in [5.74, 6) is -2.00. The fraction of sp³-hybridized carbons (Fsp3) is 0.357. The Labute approximate surface area is 130 Å². The van der Waals surface area contributed by atoms with Crippen LogP contribution in [-0.2, 0) is 9.53 Å². The van der Waals surface area contributed by atoms with Gasteiger partial charge in [0.15, 0.2) is 0 Å². The Hall–Kier alpha value is -1.59. The number of nitrogens with zero attached hydrogens (tertiary/aromatic N) is 1. The Balaban J connectivity index is 2.05. The monoisotopic (exact) mass is 327 g/mol. The summed E-state index contributed by atoms with van der Waals surface area (Å²) in [6, 6.07) is 6.34. The molecule has 1 saturated heterocycles. The number of alkyl halides is 2. The van der Waals surface area contributed by atoms with Crippen molar-refractivity contribution in [3.05, 3.63) is 35.4 Å². The Morgan fingerprint density at radius 1 is 1.19 bits per heavy atom. The largest absolute Gasteiger partial charge is 0.455 e. The number of fused-ring (bicyclic) bond motifs is 1. The van der Waals surface area contributed by atoms with Gasteiger partial charge in [-0.3, -0.25) is 9.59 Å². The van der Waals surface area contributed by atoms with Crippen LogP contribution in [-0.4, -0.2) is 39.2 Å². The van der Waals surface area contributed by atoms with Crippen LogP contribution in [0, 0.1) is 0 Å². The Morgan fingerprint density at radius 3 is 2.14 bits per heavy atom. The van der Waals surface area contributed by atoms with Crippen molar-refractivity contribution in [3.8, 4) is 0 Å². The fourth-order valence-corrected chi connectivity index (χ4v) is 3.29. The zero-order valence-electron chi connectivity index (χ0n) is 11.1. The summed E-state index contributed by atoms with van der Waals surface area (Å²) in [6.45, 7) is 1.61. The predicted octanol–water partition coefficient (Wildman–Crippen LogP) is 2.16. The van der Waals surface area contributed by atoms with Crippen LogP contribution in [0.4, 0.5) is 0 Å². The number of imide groups is 1. The first-order valence-corrected chi connectivity index (χ1v) is 7.20. The molecule has 1 aromatic rings. The minimum Gasteiger partial charge on any atom is -0.455 e. The minimum atomic E-state index is -1.85. The highest BCUT2D eigenvalue weighted by molar-refractivity contribution is 6.39. The molecule has 0 aromatic heterocycles. The van der Waals surface area contributed by atoms with Crippen LogP contribution in [0.5, 0.6) is 0 Å². The first-order valence-electron chi connectivity index (χ1n) is 6.29. The van der Waals surface area contributed by atoms with Crippen molar-refractivity contribution in [1.29, 1.82) is 0 Å². The van der Waals surface area contributed by atoms with Crippen LogP contribution in [0.1, 0.15) is 34.1 Å². The van der Waals surface area contributed by atoms with Crippen LogP contribution >= 0.6 is 23.2 Å². The number of amides is 2. The highest BCUT2D eigenvalue weighted by Crippen LogP contribution is 2.44. The molecule has 21 heavy (non-hydrogen) atoms. The van der Waals surface area contributed by atoms with Crippen molar-refractivity contribution in [2.45, 2.75) is 23.9 Å². The molecule has 1 fully saturated rings. The van der Waals surface area contributed by atoms with Gasteiger partial charge in [0, 0.05) is 6.42 Å². The van der Waals surface area contributed by atoms with E-state index in [-0.39, 0.29) is 23.4 Å². The lowest BCUT2D eigenvalue weighted by Crippen LogP contribution is -2.51. The van der Waals surface area contributed by atoms with Crippen LogP contribution in [0.3, 0.4) is 0 Å². The number of benzene rings is 1. The predicted molar refractivity (Wildman–Crippen MR) is 75.4 cm³/mol. The molecule has 0 unspecified atom stereocenters. The molecule has 5 nitrogen and oxygen atoms in total. The smallest absolute Gasteiger partial charge is 0.349 e. The summed E-state index contributed by atoms with van der Waals surface area (Å²) < 4.78 is 5.17. The lowest BCUT2D eigenvalue weighted by Gasteiger charge is -2.27. The molecule has 0 radical (unpaired) electrons. The van der Waals surface area contributed by atoms with E-state index >= 15 is 0 Å². The van der Waals surface area contributed by atoms with Gasteiger partial charge in [-0.25, -0.2) is 9.69 Å². The molecule has 2 atom stereocenters. The van der Waals surface area contributed by atoms with Crippen molar-refractivity contribution < 1.29 is 19.1 Å². The second-order valence-corrected chi connectivity index (χ2v) is 6.29. The van der Waals surface area contributed by atoms with E-state index in [0.717, 1.165) is 4.90 Å². The quantitative estimate of drug-likeness (QED) is 0.361. The summed E-state index contributed by atoms with van der Waals surface area (Å²) in [5.41, 5.74) is -0.542. The Morgan fingerprint density at radius 2 is 1.71 bits per heavy atom.